The van der Waals surface area contributed by atoms with Crippen molar-refractivity contribution in [3.05, 3.63) is 35.9 Å². The molecule has 4 nitrogen and oxygen atoms in total. The molecule has 1 aromatic rings. The minimum Gasteiger partial charge on any atom is -0.502 e. The van der Waals surface area contributed by atoms with Crippen LogP contribution in [0.25, 0.3) is 0 Å². The standard InChI is InChI=1S/C9H10O2.C5H11NOS3/c1-8(10)11-7-9-5-3-2-4-6-9;1-5(2,4(7)8)3-9-10-6/h2-6H,7H2,1H3;3,6H2,1-2H3,(H,7,8). The van der Waals surface area contributed by atoms with Crippen molar-refractivity contribution in [3.63, 3.8) is 0 Å². The molecule has 3 N–H and O–H groups in total. The number of ether oxygens (including phenoxy) is 1. The first-order valence-electron chi connectivity index (χ1n) is 6.18. The van der Waals surface area contributed by atoms with E-state index in [9.17, 15) is 4.79 Å². The number of carbonyl (C=O) groups excluding carboxylic acids is 1. The molecule has 0 heterocycles. The van der Waals surface area contributed by atoms with Gasteiger partial charge < -0.3 is 9.84 Å². The Morgan fingerprint density at radius 1 is 1.38 bits per heavy atom. The van der Waals surface area contributed by atoms with Gasteiger partial charge in [0.25, 0.3) is 0 Å². The molecule has 21 heavy (non-hydrogen) atoms. The third-order valence-corrected chi connectivity index (χ3v) is 4.64. The van der Waals surface area contributed by atoms with Gasteiger partial charge in [0.2, 0.25) is 0 Å². The third kappa shape index (κ3) is 10.6. The number of nitrogens with two attached hydrogens (primary N) is 1. The first kappa shape index (κ1) is 20.2. The molecule has 0 aliphatic carbocycles. The van der Waals surface area contributed by atoms with E-state index in [2.05, 4.69) is 12.2 Å². The highest BCUT2D eigenvalue weighted by Crippen LogP contribution is 2.27. The van der Waals surface area contributed by atoms with Gasteiger partial charge in [-0.2, -0.15) is 0 Å². The molecule has 0 saturated carbocycles. The van der Waals surface area contributed by atoms with Gasteiger partial charge in [0, 0.05) is 18.1 Å². The second-order valence-electron chi connectivity index (χ2n) is 4.81. The first-order chi connectivity index (χ1) is 9.79. The molecule has 0 aromatic heterocycles. The maximum absolute atomic E-state index is 10.4. The Morgan fingerprint density at radius 2 is 1.95 bits per heavy atom. The second kappa shape index (κ2) is 10.9. The van der Waals surface area contributed by atoms with Crippen LogP contribution in [0.3, 0.4) is 0 Å². The zero-order valence-electron chi connectivity index (χ0n) is 12.4. The lowest BCUT2D eigenvalue weighted by molar-refractivity contribution is -0.142. The molecular weight excluding hydrogens is 326 g/mol. The van der Waals surface area contributed by atoms with Crippen molar-refractivity contribution in [3.8, 4) is 0 Å². The molecule has 0 radical (unpaired) electrons. The largest absolute Gasteiger partial charge is 0.502 e. The molecular formula is C14H21NO3S3. The minimum absolute atomic E-state index is 0.0500. The van der Waals surface area contributed by atoms with Crippen molar-refractivity contribution in [2.45, 2.75) is 27.4 Å². The summed E-state index contributed by atoms with van der Waals surface area (Å²) in [7, 11) is 2.68. The maximum Gasteiger partial charge on any atom is 0.302 e. The third-order valence-electron chi connectivity index (χ3n) is 2.35. The van der Waals surface area contributed by atoms with Gasteiger partial charge in [0.1, 0.15) is 6.61 Å². The number of aliphatic hydroxyl groups is 1. The number of carbonyl (C=O) groups is 1. The van der Waals surface area contributed by atoms with Crippen molar-refractivity contribution < 1.29 is 14.6 Å². The molecule has 0 aliphatic heterocycles. The first-order valence-corrected chi connectivity index (χ1v) is 8.97. The topological polar surface area (TPSA) is 72.5 Å². The van der Waals surface area contributed by atoms with Gasteiger partial charge in [0.15, 0.2) is 5.05 Å². The van der Waals surface area contributed by atoms with Gasteiger partial charge in [-0.15, -0.1) is 0 Å². The van der Waals surface area contributed by atoms with E-state index in [0.29, 0.717) is 6.61 Å². The van der Waals surface area contributed by atoms with Crippen LogP contribution >= 0.6 is 34.0 Å². The van der Waals surface area contributed by atoms with Crippen LogP contribution in [0.4, 0.5) is 0 Å². The number of hydrogen-bond acceptors (Lipinski definition) is 6. The Balaban J connectivity index is 0.000000384. The minimum atomic E-state index is -0.299. The average Bonchev–Trinajstić information content (AvgIpc) is 2.44. The number of thiocarbonyl (C=S) groups is 1. The lowest BCUT2D eigenvalue weighted by atomic mass is 9.98. The van der Waals surface area contributed by atoms with E-state index < -0.39 is 0 Å². The highest BCUT2D eigenvalue weighted by Gasteiger charge is 2.22. The van der Waals surface area contributed by atoms with Gasteiger partial charge in [-0.1, -0.05) is 55.0 Å². The van der Waals surface area contributed by atoms with E-state index in [1.165, 1.54) is 28.7 Å². The molecule has 0 amide bonds. The van der Waals surface area contributed by atoms with Crippen LogP contribution in [-0.4, -0.2) is 21.9 Å². The van der Waals surface area contributed by atoms with E-state index in [4.69, 9.17) is 15.0 Å². The number of aliphatic hydroxyl groups excluding tert-OH is 1. The molecule has 7 heteroatoms. The predicted molar refractivity (Wildman–Crippen MR) is 95.2 cm³/mol. The van der Waals surface area contributed by atoms with Crippen LogP contribution in [0.2, 0.25) is 0 Å². The molecule has 0 bridgehead atoms. The van der Waals surface area contributed by atoms with Gasteiger partial charge >= 0.3 is 5.97 Å². The molecule has 0 fully saturated rings. The summed E-state index contributed by atoms with van der Waals surface area (Å²) in [6.45, 7) is 5.55. The summed E-state index contributed by atoms with van der Waals surface area (Å²) in [5.74, 6) is 0.498. The Bertz CT molecular complexity index is 438. The summed E-state index contributed by atoms with van der Waals surface area (Å²) < 4.78 is 4.79. The lowest BCUT2D eigenvalue weighted by Crippen LogP contribution is -2.24. The molecule has 1 rings (SSSR count). The summed E-state index contributed by atoms with van der Waals surface area (Å²) in [4.78, 5) is 10.4. The van der Waals surface area contributed by atoms with Crippen LogP contribution < -0.4 is 5.14 Å². The van der Waals surface area contributed by atoms with Gasteiger partial charge in [-0.25, -0.2) is 0 Å². The monoisotopic (exact) mass is 347 g/mol. The quantitative estimate of drug-likeness (QED) is 0.350. The number of esters is 1. The zero-order valence-corrected chi connectivity index (χ0v) is 14.8. The Morgan fingerprint density at radius 3 is 2.38 bits per heavy atom. The maximum atomic E-state index is 10.4. The van der Waals surface area contributed by atoms with E-state index >= 15 is 0 Å². The van der Waals surface area contributed by atoms with Crippen molar-refractivity contribution in [1.82, 2.24) is 0 Å². The fourth-order valence-electron chi connectivity index (χ4n) is 1.00. The van der Waals surface area contributed by atoms with Crippen LogP contribution in [0, 0.1) is 5.41 Å². The second-order valence-corrected chi connectivity index (χ2v) is 7.20. The molecule has 0 saturated heterocycles. The number of rotatable bonds is 6. The molecule has 0 spiro atoms. The summed E-state index contributed by atoms with van der Waals surface area (Å²) in [6, 6.07) is 9.60. The normalized spacial score (nSPS) is 10.3. The molecule has 0 atom stereocenters. The van der Waals surface area contributed by atoms with E-state index in [1.807, 2.05) is 44.2 Å². The number of benzene rings is 1. The summed E-state index contributed by atoms with van der Waals surface area (Å²) >= 11 is 4.64. The Hall–Kier alpha value is -0.760. The zero-order chi connectivity index (χ0) is 16.3. The molecule has 118 valence electrons. The summed E-state index contributed by atoms with van der Waals surface area (Å²) in [6.07, 6.45) is 0. The van der Waals surface area contributed by atoms with Crippen molar-refractivity contribution in [2.24, 2.45) is 10.6 Å². The average molecular weight is 348 g/mol. The van der Waals surface area contributed by atoms with E-state index in [0.717, 1.165) is 11.3 Å². The van der Waals surface area contributed by atoms with Gasteiger partial charge in [-0.05, 0) is 28.8 Å². The predicted octanol–water partition coefficient (Wildman–Crippen LogP) is 3.90. The Kier molecular flexibility index (Phi) is 10.5. The van der Waals surface area contributed by atoms with Crippen LogP contribution in [-0.2, 0) is 16.1 Å². The molecule has 0 unspecified atom stereocenters. The molecule has 1 aromatic carbocycles. The fourth-order valence-corrected chi connectivity index (χ4v) is 2.75. The van der Waals surface area contributed by atoms with E-state index in [1.54, 1.807) is 0 Å². The fraction of sp³-hybridized carbons (Fsp3) is 0.429. The lowest BCUT2D eigenvalue weighted by Gasteiger charge is -2.19. The SMILES string of the molecule is CC(=O)OCc1ccccc1.CC(C)(CSSN)C(O)=S. The van der Waals surface area contributed by atoms with Crippen molar-refractivity contribution in [2.75, 3.05) is 5.75 Å². The Labute approximate surface area is 139 Å². The number of hydrogen-bond donors (Lipinski definition) is 2. The van der Waals surface area contributed by atoms with Crippen molar-refractivity contribution >= 4 is 45.0 Å². The van der Waals surface area contributed by atoms with Crippen LogP contribution in [0.15, 0.2) is 30.3 Å². The highest BCUT2D eigenvalue weighted by molar-refractivity contribution is 8.75. The van der Waals surface area contributed by atoms with Crippen molar-refractivity contribution in [1.29, 1.82) is 0 Å². The smallest absolute Gasteiger partial charge is 0.302 e. The van der Waals surface area contributed by atoms with E-state index in [-0.39, 0.29) is 16.4 Å². The van der Waals surface area contributed by atoms with Gasteiger partial charge in [0.05, 0.1) is 0 Å². The van der Waals surface area contributed by atoms with Gasteiger partial charge in [-0.3, -0.25) is 9.93 Å². The highest BCUT2D eigenvalue weighted by atomic mass is 33.1. The summed E-state index contributed by atoms with van der Waals surface area (Å²) in [5, 5.41) is 14.2. The molecule has 0 aliphatic rings. The van der Waals surface area contributed by atoms with Crippen LogP contribution in [0.1, 0.15) is 26.3 Å². The van der Waals surface area contributed by atoms with Crippen LogP contribution in [0.5, 0.6) is 0 Å². The summed E-state index contributed by atoms with van der Waals surface area (Å²) in [5.41, 5.74) is 0.717.